The Kier molecular flexibility index (Phi) is 6.64. The van der Waals surface area contributed by atoms with Crippen LogP contribution in [0, 0.1) is 0 Å². The first kappa shape index (κ1) is 21.0. The molecule has 6 nitrogen and oxygen atoms in total. The lowest BCUT2D eigenvalue weighted by atomic mass is 9.87. The van der Waals surface area contributed by atoms with E-state index in [9.17, 15) is 9.59 Å². The topological polar surface area (TPSA) is 71.5 Å². The minimum absolute atomic E-state index is 0.0196. The summed E-state index contributed by atoms with van der Waals surface area (Å²) < 4.78 is 6.13. The predicted molar refractivity (Wildman–Crippen MR) is 112 cm³/mol. The first-order valence-corrected chi connectivity index (χ1v) is 10.2. The van der Waals surface area contributed by atoms with Gasteiger partial charge in [-0.2, -0.15) is 0 Å². The smallest absolute Gasteiger partial charge is 0.254 e. The normalized spacial score (nSPS) is 19.2. The molecule has 0 bridgehead atoms. The quantitative estimate of drug-likeness (QED) is 0.816. The highest BCUT2D eigenvalue weighted by atomic mass is 16.5. The SMILES string of the molecule is CCC(=O)N1CCOC(Cc2ccccc2-c2cccnc2)(C(=O)NC(C)C)C1. The van der Waals surface area contributed by atoms with Crippen molar-refractivity contribution in [3.63, 3.8) is 0 Å². The number of carbonyl (C=O) groups is 2. The van der Waals surface area contributed by atoms with Gasteiger partial charge in [0.2, 0.25) is 5.91 Å². The molecule has 1 unspecified atom stereocenters. The van der Waals surface area contributed by atoms with Crippen molar-refractivity contribution in [1.82, 2.24) is 15.2 Å². The van der Waals surface area contributed by atoms with Crippen LogP contribution in [0.3, 0.4) is 0 Å². The predicted octanol–water partition coefficient (Wildman–Crippen LogP) is 2.82. The van der Waals surface area contributed by atoms with Crippen LogP contribution in [0.5, 0.6) is 0 Å². The number of amides is 2. The number of nitrogens with zero attached hydrogens (tertiary/aromatic N) is 2. The molecule has 1 aliphatic heterocycles. The molecule has 1 aliphatic rings. The molecule has 1 atom stereocenters. The third kappa shape index (κ3) is 4.82. The van der Waals surface area contributed by atoms with Gasteiger partial charge in [0.25, 0.3) is 5.91 Å². The van der Waals surface area contributed by atoms with Crippen LogP contribution in [0.15, 0.2) is 48.8 Å². The van der Waals surface area contributed by atoms with Crippen LogP contribution in [0.4, 0.5) is 0 Å². The highest BCUT2D eigenvalue weighted by Gasteiger charge is 2.45. The zero-order chi connectivity index (χ0) is 20.9. The maximum Gasteiger partial charge on any atom is 0.254 e. The van der Waals surface area contributed by atoms with Crippen LogP contribution in [-0.4, -0.2) is 53.0 Å². The van der Waals surface area contributed by atoms with Gasteiger partial charge >= 0.3 is 0 Å². The van der Waals surface area contributed by atoms with Crippen LogP contribution >= 0.6 is 0 Å². The van der Waals surface area contributed by atoms with Gasteiger partial charge in [-0.05, 0) is 31.0 Å². The van der Waals surface area contributed by atoms with Crippen molar-refractivity contribution < 1.29 is 14.3 Å². The number of carbonyl (C=O) groups excluding carboxylic acids is 2. The molecule has 2 heterocycles. The molecule has 154 valence electrons. The summed E-state index contributed by atoms with van der Waals surface area (Å²) in [5.74, 6) is -0.141. The average Bonchev–Trinajstić information content (AvgIpc) is 2.74. The van der Waals surface area contributed by atoms with Crippen molar-refractivity contribution in [3.8, 4) is 11.1 Å². The standard InChI is InChI=1S/C23H29N3O3/c1-4-21(27)26-12-13-29-23(16-26,22(28)25-17(2)3)14-18-8-5-6-10-20(18)19-9-7-11-24-15-19/h5-11,15,17H,4,12-14,16H2,1-3H3,(H,25,28). The molecule has 0 aliphatic carbocycles. The number of morpholine rings is 1. The Balaban J connectivity index is 1.98. The van der Waals surface area contributed by atoms with Gasteiger partial charge in [-0.15, -0.1) is 0 Å². The van der Waals surface area contributed by atoms with Gasteiger partial charge in [0.1, 0.15) is 0 Å². The largest absolute Gasteiger partial charge is 0.361 e. The number of hydrogen-bond donors (Lipinski definition) is 1. The van der Waals surface area contributed by atoms with Crippen molar-refractivity contribution in [1.29, 1.82) is 0 Å². The van der Waals surface area contributed by atoms with Gasteiger partial charge in [0.15, 0.2) is 5.60 Å². The van der Waals surface area contributed by atoms with Crippen molar-refractivity contribution in [3.05, 3.63) is 54.4 Å². The molecular formula is C23H29N3O3. The van der Waals surface area contributed by atoms with Crippen LogP contribution in [0.25, 0.3) is 11.1 Å². The zero-order valence-corrected chi connectivity index (χ0v) is 17.4. The van der Waals surface area contributed by atoms with Crippen LogP contribution in [0.2, 0.25) is 0 Å². The summed E-state index contributed by atoms with van der Waals surface area (Å²) in [6, 6.07) is 11.8. The maximum atomic E-state index is 13.3. The number of aromatic nitrogens is 1. The maximum absolute atomic E-state index is 13.3. The van der Waals surface area contributed by atoms with E-state index < -0.39 is 5.60 Å². The van der Waals surface area contributed by atoms with E-state index in [1.54, 1.807) is 11.1 Å². The summed E-state index contributed by atoms with van der Waals surface area (Å²) >= 11 is 0. The first-order valence-electron chi connectivity index (χ1n) is 10.2. The summed E-state index contributed by atoms with van der Waals surface area (Å²) in [5, 5.41) is 3.00. The van der Waals surface area contributed by atoms with Crippen LogP contribution in [-0.2, 0) is 20.7 Å². The van der Waals surface area contributed by atoms with Gasteiger partial charge < -0.3 is 15.0 Å². The summed E-state index contributed by atoms with van der Waals surface area (Å²) in [6.07, 6.45) is 4.34. The highest BCUT2D eigenvalue weighted by Crippen LogP contribution is 2.30. The summed E-state index contributed by atoms with van der Waals surface area (Å²) in [6.45, 7) is 6.78. The Labute approximate surface area is 172 Å². The van der Waals surface area contributed by atoms with E-state index in [2.05, 4.69) is 10.3 Å². The summed E-state index contributed by atoms with van der Waals surface area (Å²) in [4.78, 5) is 31.6. The van der Waals surface area contributed by atoms with Gasteiger partial charge in [-0.1, -0.05) is 37.3 Å². The first-order chi connectivity index (χ1) is 13.9. The monoisotopic (exact) mass is 395 g/mol. The molecule has 3 rings (SSSR count). The van der Waals surface area contributed by atoms with E-state index in [-0.39, 0.29) is 24.4 Å². The van der Waals surface area contributed by atoms with E-state index in [0.29, 0.717) is 26.0 Å². The van der Waals surface area contributed by atoms with Crippen molar-refractivity contribution >= 4 is 11.8 Å². The fourth-order valence-corrected chi connectivity index (χ4v) is 3.72. The molecule has 1 saturated heterocycles. The fourth-order valence-electron chi connectivity index (χ4n) is 3.72. The second-order valence-electron chi connectivity index (χ2n) is 7.72. The fraction of sp³-hybridized carbons (Fsp3) is 0.435. The number of benzene rings is 1. The Morgan fingerprint density at radius 3 is 2.72 bits per heavy atom. The van der Waals surface area contributed by atoms with Gasteiger partial charge in [-0.3, -0.25) is 14.6 Å². The lowest BCUT2D eigenvalue weighted by Crippen LogP contribution is -2.62. The summed E-state index contributed by atoms with van der Waals surface area (Å²) in [5.41, 5.74) is 1.87. The van der Waals surface area contributed by atoms with Gasteiger partial charge in [0, 0.05) is 43.4 Å². The number of nitrogens with one attached hydrogen (secondary N) is 1. The average molecular weight is 396 g/mol. The lowest BCUT2D eigenvalue weighted by Gasteiger charge is -2.42. The number of pyridine rings is 1. The Bertz CT molecular complexity index is 853. The second kappa shape index (κ2) is 9.18. The second-order valence-corrected chi connectivity index (χ2v) is 7.72. The molecule has 29 heavy (non-hydrogen) atoms. The lowest BCUT2D eigenvalue weighted by molar-refractivity contribution is -0.166. The van der Waals surface area contributed by atoms with Crippen LogP contribution in [0.1, 0.15) is 32.8 Å². The third-order valence-electron chi connectivity index (χ3n) is 5.14. The molecule has 0 radical (unpaired) electrons. The Hall–Kier alpha value is -2.73. The Morgan fingerprint density at radius 2 is 2.03 bits per heavy atom. The molecule has 1 aromatic heterocycles. The molecule has 0 spiro atoms. The molecule has 1 fully saturated rings. The van der Waals surface area contributed by atoms with E-state index in [0.717, 1.165) is 16.7 Å². The molecule has 0 saturated carbocycles. The van der Waals surface area contributed by atoms with Gasteiger partial charge in [0.05, 0.1) is 13.2 Å². The zero-order valence-electron chi connectivity index (χ0n) is 17.4. The van der Waals surface area contributed by atoms with E-state index in [1.165, 1.54) is 0 Å². The van der Waals surface area contributed by atoms with Crippen molar-refractivity contribution in [2.24, 2.45) is 0 Å². The van der Waals surface area contributed by atoms with Gasteiger partial charge in [-0.25, -0.2) is 0 Å². The Morgan fingerprint density at radius 1 is 1.24 bits per heavy atom. The molecule has 2 amide bonds. The molecule has 1 aromatic carbocycles. The highest BCUT2D eigenvalue weighted by molar-refractivity contribution is 5.88. The summed E-state index contributed by atoms with van der Waals surface area (Å²) in [7, 11) is 0. The third-order valence-corrected chi connectivity index (χ3v) is 5.14. The minimum atomic E-state index is -1.12. The minimum Gasteiger partial charge on any atom is -0.361 e. The van der Waals surface area contributed by atoms with E-state index >= 15 is 0 Å². The van der Waals surface area contributed by atoms with E-state index in [4.69, 9.17) is 4.74 Å². The van der Waals surface area contributed by atoms with E-state index in [1.807, 2.05) is 63.4 Å². The molecular weight excluding hydrogens is 366 g/mol. The number of hydrogen-bond acceptors (Lipinski definition) is 4. The van der Waals surface area contributed by atoms with Crippen molar-refractivity contribution in [2.75, 3.05) is 19.7 Å². The number of rotatable bonds is 6. The molecule has 2 aromatic rings. The van der Waals surface area contributed by atoms with Crippen molar-refractivity contribution in [2.45, 2.75) is 45.3 Å². The van der Waals surface area contributed by atoms with Crippen LogP contribution < -0.4 is 5.32 Å². The molecule has 1 N–H and O–H groups in total. The number of ether oxygens (including phenoxy) is 1. The molecule has 6 heteroatoms.